The van der Waals surface area contributed by atoms with Crippen LogP contribution in [0.1, 0.15) is 46.6 Å². The highest BCUT2D eigenvalue weighted by Gasteiger charge is 2.28. The van der Waals surface area contributed by atoms with E-state index in [1.165, 1.54) is 22.3 Å². The van der Waals surface area contributed by atoms with E-state index in [4.69, 9.17) is 14.2 Å². The van der Waals surface area contributed by atoms with Crippen LogP contribution in [0.4, 0.5) is 5.00 Å². The molecule has 2 aliphatic rings. The molecule has 1 N–H and O–H groups in total. The van der Waals surface area contributed by atoms with Gasteiger partial charge in [0.25, 0.3) is 0 Å². The first-order chi connectivity index (χ1) is 14.0. The van der Waals surface area contributed by atoms with Crippen molar-refractivity contribution in [2.24, 2.45) is 5.92 Å². The maximum Gasteiger partial charge on any atom is 0.341 e. The fraction of sp³-hybridized carbons (Fsp3) is 0.364. The number of ether oxygens (including phenoxy) is 3. The third-order valence-electron chi connectivity index (χ3n) is 5.05. The van der Waals surface area contributed by atoms with Gasteiger partial charge in [-0.05, 0) is 61.4 Å². The smallest absolute Gasteiger partial charge is 0.341 e. The average Bonchev–Trinajstić information content (AvgIpc) is 3.29. The Morgan fingerprint density at radius 3 is 2.97 bits per heavy atom. The second-order valence-corrected chi connectivity index (χ2v) is 8.32. The lowest BCUT2D eigenvalue weighted by molar-refractivity contribution is -0.111. The Morgan fingerprint density at radius 2 is 2.14 bits per heavy atom. The zero-order valence-electron chi connectivity index (χ0n) is 16.4. The number of esters is 1. The number of thiophene rings is 1. The summed E-state index contributed by atoms with van der Waals surface area (Å²) in [6, 6.07) is 5.49. The first kappa shape index (κ1) is 19.5. The van der Waals surface area contributed by atoms with Crippen LogP contribution in [-0.2, 0) is 22.4 Å². The van der Waals surface area contributed by atoms with Gasteiger partial charge in [-0.1, -0.05) is 13.0 Å². The molecule has 1 aliphatic carbocycles. The summed E-state index contributed by atoms with van der Waals surface area (Å²) in [6.07, 6.45) is 5.96. The number of hydrogen-bond acceptors (Lipinski definition) is 6. The van der Waals surface area contributed by atoms with Gasteiger partial charge in [-0.15, -0.1) is 11.3 Å². The molecule has 0 saturated carbocycles. The molecule has 0 bridgehead atoms. The van der Waals surface area contributed by atoms with Gasteiger partial charge in [0.05, 0.1) is 12.2 Å². The molecule has 1 amide bonds. The molecule has 1 aromatic carbocycles. The lowest BCUT2D eigenvalue weighted by Crippen LogP contribution is -2.15. The minimum absolute atomic E-state index is 0.210. The number of benzene rings is 1. The van der Waals surface area contributed by atoms with Crippen LogP contribution in [0.2, 0.25) is 0 Å². The highest BCUT2D eigenvalue weighted by Crippen LogP contribution is 2.40. The van der Waals surface area contributed by atoms with Gasteiger partial charge in [0.1, 0.15) is 5.00 Å². The lowest BCUT2D eigenvalue weighted by atomic mass is 9.88. The number of anilines is 1. The highest BCUT2D eigenvalue weighted by atomic mass is 32.1. The van der Waals surface area contributed by atoms with Gasteiger partial charge >= 0.3 is 5.97 Å². The Kier molecular flexibility index (Phi) is 5.58. The van der Waals surface area contributed by atoms with Crippen molar-refractivity contribution in [3.05, 3.63) is 45.8 Å². The summed E-state index contributed by atoms with van der Waals surface area (Å²) in [7, 11) is 0. The zero-order chi connectivity index (χ0) is 20.4. The van der Waals surface area contributed by atoms with Crippen LogP contribution >= 0.6 is 11.3 Å². The summed E-state index contributed by atoms with van der Waals surface area (Å²) in [5, 5.41) is 3.45. The van der Waals surface area contributed by atoms with Crippen LogP contribution in [0.25, 0.3) is 6.08 Å². The number of fused-ring (bicyclic) bond motifs is 2. The first-order valence-corrected chi connectivity index (χ1v) is 10.6. The fourth-order valence-electron chi connectivity index (χ4n) is 3.60. The Morgan fingerprint density at radius 1 is 1.31 bits per heavy atom. The molecule has 2 heterocycles. The van der Waals surface area contributed by atoms with E-state index in [2.05, 4.69) is 12.2 Å². The highest BCUT2D eigenvalue weighted by molar-refractivity contribution is 7.17. The van der Waals surface area contributed by atoms with Gasteiger partial charge in [0, 0.05) is 11.0 Å². The molecule has 29 heavy (non-hydrogen) atoms. The van der Waals surface area contributed by atoms with E-state index in [1.807, 2.05) is 18.2 Å². The maximum absolute atomic E-state index is 12.5. The summed E-state index contributed by atoms with van der Waals surface area (Å²) in [4.78, 5) is 26.2. The van der Waals surface area contributed by atoms with Crippen LogP contribution in [0.5, 0.6) is 11.5 Å². The number of nitrogens with one attached hydrogen (secondary N) is 1. The van der Waals surface area contributed by atoms with Crippen molar-refractivity contribution in [1.82, 2.24) is 0 Å². The number of amides is 1. The summed E-state index contributed by atoms with van der Waals surface area (Å²) in [6.45, 7) is 4.50. The zero-order valence-corrected chi connectivity index (χ0v) is 17.3. The topological polar surface area (TPSA) is 73.9 Å². The van der Waals surface area contributed by atoms with E-state index in [0.717, 1.165) is 30.4 Å². The molecule has 1 atom stereocenters. The van der Waals surface area contributed by atoms with Gasteiger partial charge in [0.15, 0.2) is 11.5 Å². The van der Waals surface area contributed by atoms with Gasteiger partial charge in [-0.2, -0.15) is 0 Å². The standard InChI is InChI=1S/C22H23NO5S/c1-3-26-22(25)20-15-7-4-13(2)10-18(15)29-21(20)23-19(24)9-6-14-5-8-16-17(11-14)28-12-27-16/h5-6,8-9,11,13H,3-4,7,10,12H2,1-2H3,(H,23,24)/b9-6+. The fourth-order valence-corrected chi connectivity index (χ4v) is 5.00. The molecule has 1 unspecified atom stereocenters. The Balaban J connectivity index is 1.53. The molecule has 0 fully saturated rings. The average molecular weight is 413 g/mol. The summed E-state index contributed by atoms with van der Waals surface area (Å²) >= 11 is 1.48. The predicted octanol–water partition coefficient (Wildman–Crippen LogP) is 4.43. The SMILES string of the molecule is CCOC(=O)c1c(NC(=O)/C=C/c2ccc3c(c2)OCO3)sc2c1CCC(C)C2. The number of carbonyl (C=O) groups excluding carboxylic acids is 2. The molecule has 6 nitrogen and oxygen atoms in total. The third-order valence-corrected chi connectivity index (χ3v) is 6.22. The number of carbonyl (C=O) groups is 2. The van der Waals surface area contributed by atoms with Gasteiger partial charge in [0.2, 0.25) is 12.7 Å². The summed E-state index contributed by atoms with van der Waals surface area (Å²) in [5.41, 5.74) is 2.37. The van der Waals surface area contributed by atoms with Crippen molar-refractivity contribution >= 4 is 34.3 Å². The number of rotatable bonds is 5. The van der Waals surface area contributed by atoms with E-state index in [-0.39, 0.29) is 18.7 Å². The van der Waals surface area contributed by atoms with E-state index in [9.17, 15) is 9.59 Å². The van der Waals surface area contributed by atoms with Crippen LogP contribution < -0.4 is 14.8 Å². The van der Waals surface area contributed by atoms with Crippen LogP contribution in [0, 0.1) is 5.92 Å². The lowest BCUT2D eigenvalue weighted by Gasteiger charge is -2.18. The molecule has 152 valence electrons. The Labute approximate surface area is 173 Å². The second-order valence-electron chi connectivity index (χ2n) is 7.21. The Hall–Kier alpha value is -2.80. The van der Waals surface area contributed by atoms with Gasteiger partial charge < -0.3 is 19.5 Å². The molecular formula is C22H23NO5S. The maximum atomic E-state index is 12.5. The molecule has 7 heteroatoms. The predicted molar refractivity (Wildman–Crippen MR) is 112 cm³/mol. The Bertz CT molecular complexity index is 978. The minimum atomic E-state index is -0.366. The molecular weight excluding hydrogens is 390 g/mol. The molecule has 0 radical (unpaired) electrons. The van der Waals surface area contributed by atoms with E-state index in [0.29, 0.717) is 34.6 Å². The van der Waals surface area contributed by atoms with Crippen LogP contribution in [0.3, 0.4) is 0 Å². The van der Waals surface area contributed by atoms with Crippen molar-refractivity contribution in [3.8, 4) is 11.5 Å². The summed E-state index contributed by atoms with van der Waals surface area (Å²) < 4.78 is 15.9. The third kappa shape index (κ3) is 4.15. The van der Waals surface area contributed by atoms with E-state index in [1.54, 1.807) is 13.0 Å². The molecule has 4 rings (SSSR count). The van der Waals surface area contributed by atoms with Crippen molar-refractivity contribution in [3.63, 3.8) is 0 Å². The van der Waals surface area contributed by atoms with E-state index >= 15 is 0 Å². The normalized spacial score (nSPS) is 17.2. The molecule has 1 aromatic heterocycles. The second kappa shape index (κ2) is 8.29. The van der Waals surface area contributed by atoms with Gasteiger partial charge in [-0.3, -0.25) is 4.79 Å². The van der Waals surface area contributed by atoms with Crippen LogP contribution in [-0.4, -0.2) is 25.3 Å². The van der Waals surface area contributed by atoms with Gasteiger partial charge in [-0.25, -0.2) is 4.79 Å². The quantitative estimate of drug-likeness (QED) is 0.580. The van der Waals surface area contributed by atoms with E-state index < -0.39 is 0 Å². The van der Waals surface area contributed by atoms with Crippen molar-refractivity contribution in [2.45, 2.75) is 33.1 Å². The molecule has 1 aliphatic heterocycles. The molecule has 0 saturated heterocycles. The van der Waals surface area contributed by atoms with Crippen molar-refractivity contribution < 1.29 is 23.8 Å². The minimum Gasteiger partial charge on any atom is -0.462 e. The monoisotopic (exact) mass is 413 g/mol. The van der Waals surface area contributed by atoms with Crippen molar-refractivity contribution in [2.75, 3.05) is 18.7 Å². The number of hydrogen-bond donors (Lipinski definition) is 1. The summed E-state index contributed by atoms with van der Waals surface area (Å²) in [5.74, 6) is 1.28. The molecule has 2 aromatic rings. The van der Waals surface area contributed by atoms with Crippen LogP contribution in [0.15, 0.2) is 24.3 Å². The van der Waals surface area contributed by atoms with Crippen molar-refractivity contribution in [1.29, 1.82) is 0 Å². The first-order valence-electron chi connectivity index (χ1n) is 9.75. The largest absolute Gasteiger partial charge is 0.462 e. The molecule has 0 spiro atoms.